The lowest BCUT2D eigenvalue weighted by Crippen LogP contribution is -2.38. The number of aryl methyl sites for hydroxylation is 1. The quantitative estimate of drug-likeness (QED) is 0.392. The van der Waals surface area contributed by atoms with E-state index in [0.717, 1.165) is 25.9 Å². The first-order chi connectivity index (χ1) is 12.2. The van der Waals surface area contributed by atoms with E-state index in [1.807, 2.05) is 25.1 Å². The van der Waals surface area contributed by atoms with E-state index in [0.29, 0.717) is 5.96 Å². The SMILES string of the molecule is CCNC(=NCC(O)c1ccccc1F)NCCCc1ccccc1. The van der Waals surface area contributed by atoms with Gasteiger partial charge in [-0.3, -0.25) is 4.99 Å². The summed E-state index contributed by atoms with van der Waals surface area (Å²) in [7, 11) is 0. The number of nitrogens with zero attached hydrogens (tertiary/aromatic N) is 1. The zero-order valence-corrected chi connectivity index (χ0v) is 14.6. The molecule has 2 aromatic rings. The number of nitrogens with one attached hydrogen (secondary N) is 2. The van der Waals surface area contributed by atoms with Gasteiger partial charge in [0, 0.05) is 18.7 Å². The van der Waals surface area contributed by atoms with Crippen LogP contribution in [0.3, 0.4) is 0 Å². The molecule has 0 amide bonds. The van der Waals surface area contributed by atoms with Gasteiger partial charge in [-0.15, -0.1) is 0 Å². The van der Waals surface area contributed by atoms with E-state index < -0.39 is 11.9 Å². The van der Waals surface area contributed by atoms with Crippen LogP contribution in [0.15, 0.2) is 59.6 Å². The molecule has 0 aromatic heterocycles. The summed E-state index contributed by atoms with van der Waals surface area (Å²) in [5.74, 6) is 0.219. The van der Waals surface area contributed by atoms with Gasteiger partial charge < -0.3 is 15.7 Å². The van der Waals surface area contributed by atoms with Gasteiger partial charge in [0.25, 0.3) is 0 Å². The fraction of sp³-hybridized carbons (Fsp3) is 0.350. The molecule has 0 aliphatic carbocycles. The third-order valence-electron chi connectivity index (χ3n) is 3.81. The Balaban J connectivity index is 1.82. The highest BCUT2D eigenvalue weighted by molar-refractivity contribution is 5.79. The van der Waals surface area contributed by atoms with Crippen LogP contribution in [-0.4, -0.2) is 30.7 Å². The molecule has 2 aromatic carbocycles. The summed E-state index contributed by atoms with van der Waals surface area (Å²) in [6, 6.07) is 16.6. The van der Waals surface area contributed by atoms with Crippen molar-refractivity contribution in [1.82, 2.24) is 10.6 Å². The topological polar surface area (TPSA) is 56.7 Å². The minimum Gasteiger partial charge on any atom is -0.386 e. The second-order valence-electron chi connectivity index (χ2n) is 5.77. The lowest BCUT2D eigenvalue weighted by Gasteiger charge is -2.13. The lowest BCUT2D eigenvalue weighted by atomic mass is 10.1. The van der Waals surface area contributed by atoms with Gasteiger partial charge >= 0.3 is 0 Å². The molecular formula is C20H26FN3O. The van der Waals surface area contributed by atoms with Crippen molar-refractivity contribution in [2.45, 2.75) is 25.9 Å². The number of aliphatic hydroxyl groups excluding tert-OH is 1. The molecule has 0 saturated carbocycles. The van der Waals surface area contributed by atoms with Crippen molar-refractivity contribution in [3.63, 3.8) is 0 Å². The standard InChI is InChI=1S/C20H26FN3O/c1-2-22-20(23-14-8-11-16-9-4-3-5-10-16)24-15-19(25)17-12-6-7-13-18(17)21/h3-7,9-10,12-13,19,25H,2,8,11,14-15H2,1H3,(H2,22,23,24). The first-order valence-electron chi connectivity index (χ1n) is 8.69. The molecule has 4 nitrogen and oxygen atoms in total. The normalized spacial score (nSPS) is 12.7. The van der Waals surface area contributed by atoms with Crippen LogP contribution in [0.25, 0.3) is 0 Å². The van der Waals surface area contributed by atoms with Crippen LogP contribution in [0.5, 0.6) is 0 Å². The van der Waals surface area contributed by atoms with Crippen LogP contribution in [0, 0.1) is 5.82 Å². The number of hydrogen-bond donors (Lipinski definition) is 3. The van der Waals surface area contributed by atoms with E-state index in [9.17, 15) is 9.50 Å². The molecule has 1 unspecified atom stereocenters. The Morgan fingerprint density at radius 1 is 1.08 bits per heavy atom. The van der Waals surface area contributed by atoms with Crippen molar-refractivity contribution < 1.29 is 9.50 Å². The van der Waals surface area contributed by atoms with Crippen molar-refractivity contribution in [2.24, 2.45) is 4.99 Å². The average Bonchev–Trinajstić information content (AvgIpc) is 2.64. The highest BCUT2D eigenvalue weighted by Gasteiger charge is 2.11. The Kier molecular flexibility index (Phi) is 7.92. The third kappa shape index (κ3) is 6.55. The first kappa shape index (κ1) is 18.9. The van der Waals surface area contributed by atoms with Crippen LogP contribution in [-0.2, 0) is 6.42 Å². The number of aliphatic imine (C=N–C) groups is 1. The van der Waals surface area contributed by atoms with Gasteiger partial charge in [-0.1, -0.05) is 48.5 Å². The lowest BCUT2D eigenvalue weighted by molar-refractivity contribution is 0.182. The second kappa shape index (κ2) is 10.5. The van der Waals surface area contributed by atoms with Gasteiger partial charge in [-0.05, 0) is 31.4 Å². The summed E-state index contributed by atoms with van der Waals surface area (Å²) in [4.78, 5) is 4.35. The van der Waals surface area contributed by atoms with E-state index >= 15 is 0 Å². The maximum atomic E-state index is 13.7. The largest absolute Gasteiger partial charge is 0.386 e. The molecule has 0 bridgehead atoms. The first-order valence-corrected chi connectivity index (χ1v) is 8.69. The summed E-state index contributed by atoms with van der Waals surface area (Å²) in [5.41, 5.74) is 1.58. The van der Waals surface area contributed by atoms with Crippen molar-refractivity contribution in [2.75, 3.05) is 19.6 Å². The van der Waals surface area contributed by atoms with Crippen molar-refractivity contribution >= 4 is 5.96 Å². The Bertz CT molecular complexity index is 661. The van der Waals surface area contributed by atoms with E-state index in [2.05, 4.69) is 27.8 Å². The van der Waals surface area contributed by atoms with Crippen molar-refractivity contribution in [1.29, 1.82) is 0 Å². The molecule has 134 valence electrons. The third-order valence-corrected chi connectivity index (χ3v) is 3.81. The minimum atomic E-state index is -0.957. The molecule has 0 aliphatic heterocycles. The average molecular weight is 343 g/mol. The summed E-state index contributed by atoms with van der Waals surface area (Å²) < 4.78 is 13.7. The van der Waals surface area contributed by atoms with Gasteiger partial charge in [0.15, 0.2) is 5.96 Å². The molecule has 0 aliphatic rings. The Morgan fingerprint density at radius 3 is 2.52 bits per heavy atom. The van der Waals surface area contributed by atoms with E-state index in [1.165, 1.54) is 11.6 Å². The molecule has 0 heterocycles. The van der Waals surface area contributed by atoms with E-state index in [1.54, 1.807) is 18.2 Å². The predicted octanol–water partition coefficient (Wildman–Crippen LogP) is 3.05. The Labute approximate surface area is 148 Å². The fourth-order valence-corrected chi connectivity index (χ4v) is 2.51. The Morgan fingerprint density at radius 2 is 1.80 bits per heavy atom. The molecular weight excluding hydrogens is 317 g/mol. The van der Waals surface area contributed by atoms with Crippen LogP contribution < -0.4 is 10.6 Å². The summed E-state index contributed by atoms with van der Waals surface area (Å²) >= 11 is 0. The smallest absolute Gasteiger partial charge is 0.191 e. The molecule has 5 heteroatoms. The van der Waals surface area contributed by atoms with Crippen LogP contribution in [0.1, 0.15) is 30.6 Å². The predicted molar refractivity (Wildman–Crippen MR) is 100 cm³/mol. The van der Waals surface area contributed by atoms with Crippen molar-refractivity contribution in [3.8, 4) is 0 Å². The zero-order chi connectivity index (χ0) is 17.9. The number of guanidine groups is 1. The molecule has 25 heavy (non-hydrogen) atoms. The highest BCUT2D eigenvalue weighted by Crippen LogP contribution is 2.16. The molecule has 0 saturated heterocycles. The van der Waals surface area contributed by atoms with Crippen LogP contribution in [0.2, 0.25) is 0 Å². The van der Waals surface area contributed by atoms with Gasteiger partial charge in [0.1, 0.15) is 11.9 Å². The highest BCUT2D eigenvalue weighted by atomic mass is 19.1. The number of hydrogen-bond acceptors (Lipinski definition) is 2. The van der Waals surface area contributed by atoms with Gasteiger partial charge in [0.05, 0.1) is 6.54 Å². The molecule has 3 N–H and O–H groups in total. The molecule has 1 atom stereocenters. The van der Waals surface area contributed by atoms with Crippen molar-refractivity contribution in [3.05, 3.63) is 71.5 Å². The van der Waals surface area contributed by atoms with Gasteiger partial charge in [-0.25, -0.2) is 4.39 Å². The number of aliphatic hydroxyl groups is 1. The summed E-state index contributed by atoms with van der Waals surface area (Å²) in [6.07, 6.45) is 1.01. The molecule has 0 spiro atoms. The summed E-state index contributed by atoms with van der Waals surface area (Å²) in [5, 5.41) is 16.5. The van der Waals surface area contributed by atoms with Crippen LogP contribution in [0.4, 0.5) is 4.39 Å². The summed E-state index contributed by atoms with van der Waals surface area (Å²) in [6.45, 7) is 3.58. The molecule has 0 fully saturated rings. The maximum Gasteiger partial charge on any atom is 0.191 e. The van der Waals surface area contributed by atoms with Gasteiger partial charge in [0.2, 0.25) is 0 Å². The van der Waals surface area contributed by atoms with Crippen LogP contribution >= 0.6 is 0 Å². The Hall–Kier alpha value is -2.40. The minimum absolute atomic E-state index is 0.106. The maximum absolute atomic E-state index is 13.7. The number of halogens is 1. The molecule has 2 rings (SSSR count). The van der Waals surface area contributed by atoms with E-state index in [-0.39, 0.29) is 12.1 Å². The fourth-order valence-electron chi connectivity index (χ4n) is 2.51. The second-order valence-corrected chi connectivity index (χ2v) is 5.77. The molecule has 0 radical (unpaired) electrons. The zero-order valence-electron chi connectivity index (χ0n) is 14.6. The van der Waals surface area contributed by atoms with Gasteiger partial charge in [-0.2, -0.15) is 0 Å². The number of benzene rings is 2. The monoisotopic (exact) mass is 343 g/mol. The number of rotatable bonds is 8. The van der Waals surface area contributed by atoms with E-state index in [4.69, 9.17) is 0 Å².